The van der Waals surface area contributed by atoms with Gasteiger partial charge in [0.1, 0.15) is 10.0 Å². The smallest absolute Gasteiger partial charge is 0.276 e. The summed E-state index contributed by atoms with van der Waals surface area (Å²) in [6.07, 6.45) is 2.55. The lowest BCUT2D eigenvalue weighted by molar-refractivity contribution is -0.129. The summed E-state index contributed by atoms with van der Waals surface area (Å²) < 4.78 is 2.84. The number of rotatable bonds is 4. The second-order valence-electron chi connectivity index (χ2n) is 7.40. The average molecular weight is 452 g/mol. The van der Waals surface area contributed by atoms with Crippen molar-refractivity contribution in [3.63, 3.8) is 0 Å². The summed E-state index contributed by atoms with van der Waals surface area (Å²) in [7, 11) is 0. The van der Waals surface area contributed by atoms with Crippen molar-refractivity contribution in [2.75, 3.05) is 11.9 Å². The highest BCUT2D eigenvalue weighted by Crippen LogP contribution is 2.45. The summed E-state index contributed by atoms with van der Waals surface area (Å²) in [4.78, 5) is 32.6. The Morgan fingerprint density at radius 1 is 1.19 bits per heavy atom. The van der Waals surface area contributed by atoms with Gasteiger partial charge in [0.05, 0.1) is 16.8 Å². The van der Waals surface area contributed by atoms with E-state index in [4.69, 9.17) is 4.98 Å². The van der Waals surface area contributed by atoms with Crippen LogP contribution in [-0.4, -0.2) is 38.0 Å². The Morgan fingerprint density at radius 2 is 2.03 bits per heavy atom. The summed E-state index contributed by atoms with van der Waals surface area (Å²) >= 11 is 3.15. The van der Waals surface area contributed by atoms with Gasteiger partial charge in [0, 0.05) is 36.7 Å². The number of carbonyl (C=O) groups is 2. The predicted molar refractivity (Wildman–Crippen MR) is 124 cm³/mol. The SMILES string of the molecule is CCn1ccc(C(=O)Nc2sc3c(c2-c2nc4ccccc4s2)CCN(C(C)=O)C3)n1. The molecule has 5 rings (SSSR count). The van der Waals surface area contributed by atoms with Crippen molar-refractivity contribution < 1.29 is 9.59 Å². The van der Waals surface area contributed by atoms with Crippen LogP contribution in [0.4, 0.5) is 5.00 Å². The summed E-state index contributed by atoms with van der Waals surface area (Å²) in [5, 5.41) is 9.06. The molecule has 0 saturated carbocycles. The maximum Gasteiger partial charge on any atom is 0.276 e. The highest BCUT2D eigenvalue weighted by molar-refractivity contribution is 7.23. The molecule has 0 radical (unpaired) electrons. The van der Waals surface area contributed by atoms with Crippen molar-refractivity contribution in [2.24, 2.45) is 0 Å². The van der Waals surface area contributed by atoms with Gasteiger partial charge in [0.25, 0.3) is 5.91 Å². The minimum Gasteiger partial charge on any atom is -0.337 e. The Kier molecular flexibility index (Phi) is 5.07. The molecule has 0 unspecified atom stereocenters. The molecule has 3 aromatic heterocycles. The second-order valence-corrected chi connectivity index (χ2v) is 9.53. The molecule has 1 aromatic carbocycles. The lowest BCUT2D eigenvalue weighted by atomic mass is 10.0. The number of fused-ring (bicyclic) bond motifs is 2. The number of thiophene rings is 1. The monoisotopic (exact) mass is 451 g/mol. The number of nitrogens with zero attached hydrogens (tertiary/aromatic N) is 4. The number of aromatic nitrogens is 3. The second kappa shape index (κ2) is 7.90. The van der Waals surface area contributed by atoms with E-state index in [0.717, 1.165) is 37.1 Å². The first-order valence-corrected chi connectivity index (χ1v) is 11.8. The van der Waals surface area contributed by atoms with Crippen LogP contribution in [0.15, 0.2) is 36.5 Å². The van der Waals surface area contributed by atoms with Crippen molar-refractivity contribution >= 4 is 49.7 Å². The molecule has 158 valence electrons. The number of aryl methyl sites for hydroxylation is 1. The van der Waals surface area contributed by atoms with E-state index in [1.165, 1.54) is 16.9 Å². The number of hydrogen-bond donors (Lipinski definition) is 1. The molecule has 4 aromatic rings. The summed E-state index contributed by atoms with van der Waals surface area (Å²) in [6.45, 7) is 5.52. The average Bonchev–Trinajstić information content (AvgIpc) is 3.48. The van der Waals surface area contributed by atoms with Gasteiger partial charge < -0.3 is 10.2 Å². The van der Waals surface area contributed by atoms with Gasteiger partial charge in [-0.3, -0.25) is 14.3 Å². The molecule has 0 spiro atoms. The maximum absolute atomic E-state index is 12.9. The van der Waals surface area contributed by atoms with Crippen molar-refractivity contribution in [3.8, 4) is 10.6 Å². The van der Waals surface area contributed by atoms with E-state index in [9.17, 15) is 9.59 Å². The molecule has 1 N–H and O–H groups in total. The van der Waals surface area contributed by atoms with Gasteiger partial charge in [0.15, 0.2) is 5.69 Å². The van der Waals surface area contributed by atoms with Crippen LogP contribution >= 0.6 is 22.7 Å². The molecule has 1 aliphatic heterocycles. The van der Waals surface area contributed by atoms with Crippen LogP contribution in [0.2, 0.25) is 0 Å². The Balaban J connectivity index is 1.57. The van der Waals surface area contributed by atoms with Crippen molar-refractivity contribution in [1.29, 1.82) is 0 Å². The van der Waals surface area contributed by atoms with Gasteiger partial charge in [-0.15, -0.1) is 22.7 Å². The molecule has 4 heterocycles. The highest BCUT2D eigenvalue weighted by Gasteiger charge is 2.29. The minimum absolute atomic E-state index is 0.0660. The number of benzene rings is 1. The Bertz CT molecular complexity index is 1270. The number of thiazole rings is 1. The normalized spacial score (nSPS) is 13.4. The number of carbonyl (C=O) groups excluding carboxylic acids is 2. The third-order valence-electron chi connectivity index (χ3n) is 5.43. The van der Waals surface area contributed by atoms with Crippen LogP contribution in [0.3, 0.4) is 0 Å². The van der Waals surface area contributed by atoms with E-state index in [1.807, 2.05) is 30.0 Å². The summed E-state index contributed by atoms with van der Waals surface area (Å²) in [5.74, 6) is -0.173. The fourth-order valence-corrected chi connectivity index (χ4v) is 6.16. The van der Waals surface area contributed by atoms with Gasteiger partial charge in [-0.2, -0.15) is 5.10 Å². The van der Waals surface area contributed by atoms with E-state index < -0.39 is 0 Å². The van der Waals surface area contributed by atoms with Gasteiger partial charge in [-0.25, -0.2) is 4.98 Å². The quantitative estimate of drug-likeness (QED) is 0.499. The number of hydrogen-bond acceptors (Lipinski definition) is 6. The van der Waals surface area contributed by atoms with E-state index >= 15 is 0 Å². The van der Waals surface area contributed by atoms with Crippen molar-refractivity contribution in [3.05, 3.63) is 52.7 Å². The Hall–Kier alpha value is -3.04. The third kappa shape index (κ3) is 3.64. The first-order valence-electron chi connectivity index (χ1n) is 10.1. The lowest BCUT2D eigenvalue weighted by Gasteiger charge is -2.25. The summed E-state index contributed by atoms with van der Waals surface area (Å²) in [5.41, 5.74) is 3.49. The molecule has 2 amide bonds. The van der Waals surface area contributed by atoms with E-state index in [-0.39, 0.29) is 11.8 Å². The number of para-hydroxylation sites is 1. The molecule has 1 aliphatic rings. The van der Waals surface area contributed by atoms with Gasteiger partial charge in [-0.1, -0.05) is 12.1 Å². The minimum atomic E-state index is -0.239. The highest BCUT2D eigenvalue weighted by atomic mass is 32.1. The Labute approximate surface area is 187 Å². The molecule has 0 aliphatic carbocycles. The van der Waals surface area contributed by atoms with Crippen LogP contribution in [0.1, 0.15) is 34.8 Å². The molecule has 9 heteroatoms. The predicted octanol–water partition coefficient (Wildman–Crippen LogP) is 4.40. The molecule has 0 bridgehead atoms. The van der Waals surface area contributed by atoms with E-state index in [0.29, 0.717) is 25.3 Å². The molecule has 7 nitrogen and oxygen atoms in total. The topological polar surface area (TPSA) is 80.1 Å². The van der Waals surface area contributed by atoms with Crippen molar-refractivity contribution in [2.45, 2.75) is 33.4 Å². The number of anilines is 1. The molecule has 0 atom stereocenters. The van der Waals surface area contributed by atoms with E-state index in [1.54, 1.807) is 35.2 Å². The zero-order chi connectivity index (χ0) is 21.5. The first kappa shape index (κ1) is 19.9. The fourth-order valence-electron chi connectivity index (χ4n) is 3.79. The fraction of sp³-hybridized carbons (Fsp3) is 0.273. The molecule has 0 saturated heterocycles. The molecule has 0 fully saturated rings. The van der Waals surface area contributed by atoms with Crippen molar-refractivity contribution in [1.82, 2.24) is 19.7 Å². The lowest BCUT2D eigenvalue weighted by Crippen LogP contribution is -2.33. The van der Waals surface area contributed by atoms with Gasteiger partial charge in [0.2, 0.25) is 5.91 Å². The molecular weight excluding hydrogens is 430 g/mol. The number of nitrogens with one attached hydrogen (secondary N) is 1. The van der Waals surface area contributed by atoms with E-state index in [2.05, 4.69) is 16.5 Å². The van der Waals surface area contributed by atoms with Gasteiger partial charge >= 0.3 is 0 Å². The van der Waals surface area contributed by atoms with Crippen LogP contribution in [0.25, 0.3) is 20.8 Å². The van der Waals surface area contributed by atoms with Crippen LogP contribution in [-0.2, 0) is 24.3 Å². The zero-order valence-corrected chi connectivity index (χ0v) is 18.8. The molecule has 31 heavy (non-hydrogen) atoms. The number of amides is 2. The van der Waals surface area contributed by atoms with Crippen LogP contribution in [0.5, 0.6) is 0 Å². The van der Waals surface area contributed by atoms with Crippen LogP contribution < -0.4 is 5.32 Å². The largest absolute Gasteiger partial charge is 0.337 e. The maximum atomic E-state index is 12.9. The standard InChI is InChI=1S/C22H21N5O2S2/c1-3-27-11-9-16(25-27)20(29)24-22-19(21-23-15-6-4-5-7-17(15)30-21)14-8-10-26(13(2)28)12-18(14)31-22/h4-7,9,11H,3,8,10,12H2,1-2H3,(H,24,29). The van der Waals surface area contributed by atoms with Gasteiger partial charge in [-0.05, 0) is 37.1 Å². The first-order chi connectivity index (χ1) is 15.0. The molecular formula is C22H21N5O2S2. The zero-order valence-electron chi connectivity index (χ0n) is 17.2. The Morgan fingerprint density at radius 3 is 2.77 bits per heavy atom. The summed E-state index contributed by atoms with van der Waals surface area (Å²) in [6, 6.07) is 9.77. The third-order valence-corrected chi connectivity index (χ3v) is 7.62. The van der Waals surface area contributed by atoms with Crippen LogP contribution in [0, 0.1) is 0 Å².